The number of aromatic nitrogens is 2. The molecule has 1 aliphatic carbocycles. The van der Waals surface area contributed by atoms with Gasteiger partial charge in [-0.2, -0.15) is 4.98 Å². The van der Waals surface area contributed by atoms with Crippen LogP contribution in [0.3, 0.4) is 0 Å². The number of para-hydroxylation sites is 1. The number of amides is 1. The van der Waals surface area contributed by atoms with Crippen LogP contribution in [0.2, 0.25) is 0 Å². The van der Waals surface area contributed by atoms with Crippen LogP contribution in [0.1, 0.15) is 48.9 Å². The van der Waals surface area contributed by atoms with E-state index < -0.39 is 0 Å². The van der Waals surface area contributed by atoms with Crippen LogP contribution < -0.4 is 10.6 Å². The number of aryl methyl sites for hydroxylation is 1. The van der Waals surface area contributed by atoms with E-state index >= 15 is 0 Å². The predicted octanol–water partition coefficient (Wildman–Crippen LogP) is 3.37. The Balaban J connectivity index is 1.36. The third-order valence-corrected chi connectivity index (χ3v) is 7.61. The van der Waals surface area contributed by atoms with Gasteiger partial charge in [0.15, 0.2) is 0 Å². The first-order valence-corrected chi connectivity index (χ1v) is 12.4. The standard InChI is InChI=1S/C24H29N3O3S/c28-22(26-13-5-8-17-7-1-3-11-20(17)26)16-31-23-19-10-2-4-12-21(19)27(24(29)25-23)15-18-9-6-14-30-18/h1,3,7,11,18H,2,4-6,8-10,12-16H2/t18-/m0/s1. The predicted molar refractivity (Wildman–Crippen MR) is 122 cm³/mol. The molecule has 0 saturated carbocycles. The van der Waals surface area contributed by atoms with Gasteiger partial charge in [0.05, 0.1) is 18.4 Å². The number of rotatable bonds is 5. The fourth-order valence-electron chi connectivity index (χ4n) is 5.05. The molecular weight excluding hydrogens is 410 g/mol. The second kappa shape index (κ2) is 9.17. The molecule has 1 aromatic heterocycles. The lowest BCUT2D eigenvalue weighted by Gasteiger charge is -2.29. The number of thioether (sulfide) groups is 1. The first-order valence-electron chi connectivity index (χ1n) is 11.5. The molecule has 0 N–H and O–H groups in total. The lowest BCUT2D eigenvalue weighted by Crippen LogP contribution is -2.37. The summed E-state index contributed by atoms with van der Waals surface area (Å²) in [5, 5.41) is 0.752. The van der Waals surface area contributed by atoms with Crippen LogP contribution in [0, 0.1) is 0 Å². The van der Waals surface area contributed by atoms with Crippen molar-refractivity contribution in [3.05, 3.63) is 51.6 Å². The van der Waals surface area contributed by atoms with Gasteiger partial charge < -0.3 is 9.64 Å². The zero-order chi connectivity index (χ0) is 21.2. The van der Waals surface area contributed by atoms with Gasteiger partial charge in [-0.25, -0.2) is 4.79 Å². The molecular formula is C24H29N3O3S. The molecule has 6 nitrogen and oxygen atoms in total. The normalized spacial score (nSPS) is 20.4. The molecule has 0 spiro atoms. The second-order valence-corrected chi connectivity index (χ2v) is 9.61. The molecule has 1 saturated heterocycles. The molecule has 0 bridgehead atoms. The molecule has 31 heavy (non-hydrogen) atoms. The van der Waals surface area contributed by atoms with E-state index in [-0.39, 0.29) is 17.7 Å². The summed E-state index contributed by atoms with van der Waals surface area (Å²) in [6.45, 7) is 2.14. The zero-order valence-electron chi connectivity index (χ0n) is 17.8. The van der Waals surface area contributed by atoms with Crippen molar-refractivity contribution >= 4 is 23.4 Å². The van der Waals surface area contributed by atoms with Crippen LogP contribution in [0.5, 0.6) is 0 Å². The number of nitrogens with zero attached hydrogens (tertiary/aromatic N) is 3. The molecule has 2 aliphatic heterocycles. The molecule has 164 valence electrons. The lowest BCUT2D eigenvalue weighted by atomic mass is 9.97. The Kier molecular flexibility index (Phi) is 6.14. The van der Waals surface area contributed by atoms with Crippen LogP contribution in [0.15, 0.2) is 34.1 Å². The summed E-state index contributed by atoms with van der Waals surface area (Å²) in [6.07, 6.45) is 8.21. The minimum Gasteiger partial charge on any atom is -0.376 e. The van der Waals surface area contributed by atoms with Gasteiger partial charge in [0.2, 0.25) is 5.91 Å². The monoisotopic (exact) mass is 439 g/mol. The van der Waals surface area contributed by atoms with Crippen molar-refractivity contribution in [3.63, 3.8) is 0 Å². The number of ether oxygens (including phenoxy) is 1. The first-order chi connectivity index (χ1) is 15.2. The Morgan fingerprint density at radius 2 is 2.00 bits per heavy atom. The van der Waals surface area contributed by atoms with Crippen LogP contribution in [-0.2, 0) is 35.3 Å². The molecule has 7 heteroatoms. The number of fused-ring (bicyclic) bond motifs is 2. The van der Waals surface area contributed by atoms with Crippen molar-refractivity contribution in [1.29, 1.82) is 0 Å². The number of hydrogen-bond donors (Lipinski definition) is 0. The van der Waals surface area contributed by atoms with Crippen LogP contribution >= 0.6 is 11.8 Å². The summed E-state index contributed by atoms with van der Waals surface area (Å²) >= 11 is 1.43. The van der Waals surface area contributed by atoms with Gasteiger partial charge >= 0.3 is 5.69 Å². The van der Waals surface area contributed by atoms with E-state index in [9.17, 15) is 9.59 Å². The molecule has 1 fully saturated rings. The molecule has 0 radical (unpaired) electrons. The maximum Gasteiger partial charge on any atom is 0.348 e. The quantitative estimate of drug-likeness (QED) is 0.528. The number of hydrogen-bond acceptors (Lipinski definition) is 5. The van der Waals surface area contributed by atoms with Crippen LogP contribution in [0.25, 0.3) is 0 Å². The van der Waals surface area contributed by atoms with E-state index in [4.69, 9.17) is 4.74 Å². The highest BCUT2D eigenvalue weighted by Gasteiger charge is 2.26. The van der Waals surface area contributed by atoms with Crippen LogP contribution in [-0.4, -0.2) is 40.5 Å². The maximum atomic E-state index is 13.1. The number of anilines is 1. The van der Waals surface area contributed by atoms with Gasteiger partial charge in [0.25, 0.3) is 0 Å². The van der Waals surface area contributed by atoms with E-state index in [2.05, 4.69) is 11.1 Å². The number of carbonyl (C=O) groups is 1. The molecule has 1 aromatic carbocycles. The largest absolute Gasteiger partial charge is 0.376 e. The Morgan fingerprint density at radius 3 is 2.87 bits per heavy atom. The average Bonchev–Trinajstić information content (AvgIpc) is 3.32. The summed E-state index contributed by atoms with van der Waals surface area (Å²) in [7, 11) is 0. The zero-order valence-corrected chi connectivity index (χ0v) is 18.7. The summed E-state index contributed by atoms with van der Waals surface area (Å²) in [6, 6.07) is 8.16. The summed E-state index contributed by atoms with van der Waals surface area (Å²) in [5.41, 5.74) is 4.34. The van der Waals surface area contributed by atoms with Gasteiger partial charge in [-0.3, -0.25) is 9.36 Å². The fourth-order valence-corrected chi connectivity index (χ4v) is 6.00. The minimum atomic E-state index is -0.200. The van der Waals surface area contributed by atoms with E-state index in [1.54, 1.807) is 0 Å². The van der Waals surface area contributed by atoms with Gasteiger partial charge in [0.1, 0.15) is 5.03 Å². The van der Waals surface area contributed by atoms with Crippen molar-refractivity contribution in [2.24, 2.45) is 0 Å². The molecule has 0 unspecified atom stereocenters. The molecule has 1 atom stereocenters. The fraction of sp³-hybridized carbons (Fsp3) is 0.542. The Hall–Kier alpha value is -2.12. The van der Waals surface area contributed by atoms with Crippen molar-refractivity contribution in [1.82, 2.24) is 9.55 Å². The van der Waals surface area contributed by atoms with E-state index in [1.165, 1.54) is 22.9 Å². The highest BCUT2D eigenvalue weighted by atomic mass is 32.2. The summed E-state index contributed by atoms with van der Waals surface area (Å²) in [4.78, 5) is 32.3. The Morgan fingerprint density at radius 1 is 1.13 bits per heavy atom. The first kappa shape index (κ1) is 20.8. The second-order valence-electron chi connectivity index (χ2n) is 8.64. The molecule has 3 heterocycles. The molecule has 1 amide bonds. The number of carbonyl (C=O) groups excluding carboxylic acids is 1. The smallest absolute Gasteiger partial charge is 0.348 e. The minimum absolute atomic E-state index is 0.0899. The topological polar surface area (TPSA) is 64.4 Å². The highest BCUT2D eigenvalue weighted by molar-refractivity contribution is 8.00. The third-order valence-electron chi connectivity index (χ3n) is 6.60. The Bertz CT molecular complexity index is 1030. The molecule has 3 aliphatic rings. The summed E-state index contributed by atoms with van der Waals surface area (Å²) in [5.74, 6) is 0.398. The number of benzene rings is 1. The lowest BCUT2D eigenvalue weighted by molar-refractivity contribution is -0.116. The van der Waals surface area contributed by atoms with Crippen molar-refractivity contribution in [3.8, 4) is 0 Å². The van der Waals surface area contributed by atoms with E-state index in [0.29, 0.717) is 12.3 Å². The van der Waals surface area contributed by atoms with Crippen molar-refractivity contribution < 1.29 is 9.53 Å². The maximum absolute atomic E-state index is 13.1. The van der Waals surface area contributed by atoms with E-state index in [0.717, 1.165) is 80.9 Å². The van der Waals surface area contributed by atoms with Crippen LogP contribution in [0.4, 0.5) is 5.69 Å². The van der Waals surface area contributed by atoms with Gasteiger partial charge in [-0.05, 0) is 63.0 Å². The van der Waals surface area contributed by atoms with Gasteiger partial charge in [-0.1, -0.05) is 30.0 Å². The molecule has 2 aromatic rings. The summed E-state index contributed by atoms with van der Waals surface area (Å²) < 4.78 is 7.61. The molecule has 5 rings (SSSR count). The third kappa shape index (κ3) is 4.30. The van der Waals surface area contributed by atoms with Crippen molar-refractivity contribution in [2.45, 2.75) is 69.0 Å². The average molecular weight is 440 g/mol. The Labute approximate surface area is 187 Å². The SMILES string of the molecule is O=C(CSc1nc(=O)n(C[C@@H]2CCCO2)c2c1CCCC2)N1CCCc2ccccc21. The van der Waals surface area contributed by atoms with Gasteiger partial charge in [0, 0.05) is 30.1 Å². The van der Waals surface area contributed by atoms with Crippen molar-refractivity contribution in [2.75, 3.05) is 23.8 Å². The highest BCUT2D eigenvalue weighted by Crippen LogP contribution is 2.31. The van der Waals surface area contributed by atoms with E-state index in [1.807, 2.05) is 27.7 Å². The van der Waals surface area contributed by atoms with Gasteiger partial charge in [-0.15, -0.1) is 0 Å².